The van der Waals surface area contributed by atoms with Gasteiger partial charge in [-0.3, -0.25) is 4.90 Å². The Balaban J connectivity index is 1.59. The van der Waals surface area contributed by atoms with Gasteiger partial charge in [0.2, 0.25) is 0 Å². The lowest BCUT2D eigenvalue weighted by atomic mass is 9.76. The van der Waals surface area contributed by atoms with Crippen LogP contribution in [0.15, 0.2) is 42.5 Å². The third-order valence-electron chi connectivity index (χ3n) is 6.79. The minimum absolute atomic E-state index is 0.216. The minimum Gasteiger partial charge on any atom is -0.300 e. The average Bonchev–Trinajstić information content (AvgIpc) is 3.19. The van der Waals surface area contributed by atoms with Crippen LogP contribution in [0.5, 0.6) is 0 Å². The number of nitrogens with zero attached hydrogens (tertiary/aromatic N) is 2. The normalized spacial score (nSPS) is 27.6. The Bertz CT molecular complexity index is 1040. The molecule has 2 aromatic carbocycles. The van der Waals surface area contributed by atoms with Gasteiger partial charge in [-0.05, 0) is 62.9 Å². The molecule has 2 fully saturated rings. The van der Waals surface area contributed by atoms with E-state index in [0.717, 1.165) is 22.5 Å². The third-order valence-corrected chi connectivity index (χ3v) is 7.93. The first kappa shape index (κ1) is 19.1. The van der Waals surface area contributed by atoms with Gasteiger partial charge in [0.05, 0.1) is 20.8 Å². The Morgan fingerprint density at radius 2 is 1.83 bits per heavy atom. The maximum atomic E-state index is 13.1. The summed E-state index contributed by atoms with van der Waals surface area (Å²) in [4.78, 5) is 7.22. The summed E-state index contributed by atoms with van der Waals surface area (Å²) in [7, 11) is 2.19. The third kappa shape index (κ3) is 3.26. The molecule has 2 aliphatic heterocycles. The Morgan fingerprint density at radius 1 is 1.07 bits per heavy atom. The number of aromatic nitrogens is 1. The summed E-state index contributed by atoms with van der Waals surface area (Å²) < 4.78 is 40.2. The number of likely N-dealkylation sites (N-methyl/N-ethyl adjacent to an activating group) is 1. The lowest BCUT2D eigenvalue weighted by Crippen LogP contribution is -2.44. The second-order valence-electron chi connectivity index (χ2n) is 8.48. The quantitative estimate of drug-likeness (QED) is 0.483. The highest BCUT2D eigenvalue weighted by atomic mass is 32.1. The molecule has 3 heterocycles. The SMILES string of the molecule is Cc1ccc(C2C[C@H]3CCC([C@H]2c2nc4cc(C(F)(F)F)ccc4s2)N3C)cc1. The predicted octanol–water partition coefficient (Wildman–Crippen LogP) is 6.36. The zero-order chi connectivity index (χ0) is 20.3. The summed E-state index contributed by atoms with van der Waals surface area (Å²) in [5.41, 5.74) is 2.39. The molecule has 0 amide bonds. The first-order valence-electron chi connectivity index (χ1n) is 10.1. The number of thiazole rings is 1. The molecular formula is C23H23F3N2S. The van der Waals surface area contributed by atoms with Crippen LogP contribution in [0.2, 0.25) is 0 Å². The van der Waals surface area contributed by atoms with E-state index in [4.69, 9.17) is 4.98 Å². The van der Waals surface area contributed by atoms with E-state index in [2.05, 4.69) is 43.1 Å². The fourth-order valence-electron chi connectivity index (χ4n) is 5.22. The lowest BCUT2D eigenvalue weighted by molar-refractivity contribution is -0.137. The van der Waals surface area contributed by atoms with Crippen LogP contribution in [0.25, 0.3) is 10.2 Å². The van der Waals surface area contributed by atoms with Gasteiger partial charge in [0.25, 0.3) is 0 Å². The number of benzene rings is 2. The first-order valence-corrected chi connectivity index (χ1v) is 10.9. The van der Waals surface area contributed by atoms with Crippen molar-refractivity contribution in [1.29, 1.82) is 0 Å². The standard InChI is InChI=1S/C23H23F3N2S/c1-13-3-5-14(6-4-13)17-12-16-8-9-19(28(16)2)21(17)22-27-18-11-15(23(24,25)26)7-10-20(18)29-22/h3-7,10-11,16-17,19,21H,8-9,12H2,1-2H3/t16-,17?,19?,21+/m1/s1. The van der Waals surface area contributed by atoms with Crippen molar-refractivity contribution < 1.29 is 13.2 Å². The van der Waals surface area contributed by atoms with Crippen LogP contribution < -0.4 is 0 Å². The van der Waals surface area contributed by atoms with Gasteiger partial charge in [0.1, 0.15) is 0 Å². The number of fused-ring (bicyclic) bond motifs is 3. The van der Waals surface area contributed by atoms with Gasteiger partial charge in [-0.15, -0.1) is 11.3 Å². The fraction of sp³-hybridized carbons (Fsp3) is 0.435. The molecule has 1 aromatic heterocycles. The van der Waals surface area contributed by atoms with Crippen LogP contribution in [0.1, 0.15) is 52.8 Å². The van der Waals surface area contributed by atoms with Gasteiger partial charge >= 0.3 is 6.18 Å². The molecular weight excluding hydrogens is 393 g/mol. The van der Waals surface area contributed by atoms with Crippen LogP contribution in [-0.2, 0) is 6.18 Å². The molecule has 0 saturated carbocycles. The highest BCUT2D eigenvalue weighted by molar-refractivity contribution is 7.18. The van der Waals surface area contributed by atoms with Crippen LogP contribution >= 0.6 is 11.3 Å². The van der Waals surface area contributed by atoms with Gasteiger partial charge < -0.3 is 0 Å². The molecule has 2 nitrogen and oxygen atoms in total. The van der Waals surface area contributed by atoms with Crippen LogP contribution in [0.4, 0.5) is 13.2 Å². The second kappa shape index (κ2) is 6.81. The van der Waals surface area contributed by atoms with E-state index in [1.807, 2.05) is 0 Å². The number of piperidine rings is 1. The average molecular weight is 417 g/mol. The number of hydrogen-bond acceptors (Lipinski definition) is 3. The topological polar surface area (TPSA) is 16.1 Å². The Labute approximate surface area is 172 Å². The van der Waals surface area contributed by atoms with Crippen molar-refractivity contribution >= 4 is 21.6 Å². The summed E-state index contributed by atoms with van der Waals surface area (Å²) in [5, 5.41) is 0.974. The number of hydrogen-bond donors (Lipinski definition) is 0. The van der Waals surface area contributed by atoms with E-state index in [-0.39, 0.29) is 5.92 Å². The fourth-order valence-corrected chi connectivity index (χ4v) is 6.40. The molecule has 5 rings (SSSR count). The second-order valence-corrected chi connectivity index (χ2v) is 9.54. The highest BCUT2D eigenvalue weighted by Crippen LogP contribution is 2.52. The molecule has 4 atom stereocenters. The van der Waals surface area contributed by atoms with Crippen molar-refractivity contribution in [3.63, 3.8) is 0 Å². The van der Waals surface area contributed by atoms with Crippen LogP contribution in [0.3, 0.4) is 0 Å². The van der Waals surface area contributed by atoms with E-state index < -0.39 is 11.7 Å². The Kier molecular flexibility index (Phi) is 4.48. The molecule has 0 N–H and O–H groups in total. The molecule has 2 bridgehead atoms. The molecule has 6 heteroatoms. The number of halogens is 3. The molecule has 29 heavy (non-hydrogen) atoms. The molecule has 0 spiro atoms. The minimum atomic E-state index is -4.34. The summed E-state index contributed by atoms with van der Waals surface area (Å²) in [5.74, 6) is 0.570. The van der Waals surface area contributed by atoms with Crippen molar-refractivity contribution in [2.45, 2.75) is 56.3 Å². The molecule has 0 aliphatic carbocycles. The van der Waals surface area contributed by atoms with Crippen molar-refractivity contribution in [1.82, 2.24) is 9.88 Å². The molecule has 2 saturated heterocycles. The van der Waals surface area contributed by atoms with Gasteiger partial charge in [0, 0.05) is 18.0 Å². The highest BCUT2D eigenvalue weighted by Gasteiger charge is 2.47. The van der Waals surface area contributed by atoms with Gasteiger partial charge in [-0.25, -0.2) is 4.98 Å². The van der Waals surface area contributed by atoms with Gasteiger partial charge in [-0.2, -0.15) is 13.2 Å². The molecule has 3 aromatic rings. The number of alkyl halides is 3. The lowest BCUT2D eigenvalue weighted by Gasteiger charge is -2.42. The van der Waals surface area contributed by atoms with E-state index >= 15 is 0 Å². The van der Waals surface area contributed by atoms with E-state index in [1.165, 1.54) is 29.7 Å². The van der Waals surface area contributed by atoms with Crippen molar-refractivity contribution in [3.05, 3.63) is 64.2 Å². The van der Waals surface area contributed by atoms with Crippen molar-refractivity contribution in [3.8, 4) is 0 Å². The van der Waals surface area contributed by atoms with E-state index in [9.17, 15) is 13.2 Å². The molecule has 152 valence electrons. The predicted molar refractivity (Wildman–Crippen MR) is 110 cm³/mol. The molecule has 2 aliphatic rings. The van der Waals surface area contributed by atoms with Crippen molar-refractivity contribution in [2.24, 2.45) is 0 Å². The maximum absolute atomic E-state index is 13.1. The summed E-state index contributed by atoms with van der Waals surface area (Å²) >= 11 is 1.56. The summed E-state index contributed by atoms with van der Waals surface area (Å²) in [6.07, 6.45) is -0.961. The zero-order valence-corrected chi connectivity index (χ0v) is 17.2. The smallest absolute Gasteiger partial charge is 0.300 e. The maximum Gasteiger partial charge on any atom is 0.416 e. The van der Waals surface area contributed by atoms with Gasteiger partial charge in [0.15, 0.2) is 0 Å². The summed E-state index contributed by atoms with van der Waals surface area (Å²) in [6.45, 7) is 2.09. The van der Waals surface area contributed by atoms with Crippen LogP contribution in [-0.4, -0.2) is 29.0 Å². The molecule has 0 radical (unpaired) electrons. The van der Waals surface area contributed by atoms with Crippen molar-refractivity contribution in [2.75, 3.05) is 7.05 Å². The number of aryl methyl sites for hydroxylation is 1. The monoisotopic (exact) mass is 416 g/mol. The first-order chi connectivity index (χ1) is 13.8. The summed E-state index contributed by atoms with van der Waals surface area (Å²) in [6, 6.07) is 13.6. The zero-order valence-electron chi connectivity index (χ0n) is 16.4. The Hall–Kier alpha value is -1.92. The largest absolute Gasteiger partial charge is 0.416 e. The van der Waals surface area contributed by atoms with E-state index in [0.29, 0.717) is 23.5 Å². The van der Waals surface area contributed by atoms with Gasteiger partial charge in [-0.1, -0.05) is 29.8 Å². The van der Waals surface area contributed by atoms with E-state index in [1.54, 1.807) is 17.4 Å². The molecule has 2 unspecified atom stereocenters. The Morgan fingerprint density at radius 3 is 2.55 bits per heavy atom. The number of rotatable bonds is 2. The van der Waals surface area contributed by atoms with Crippen LogP contribution in [0, 0.1) is 6.92 Å².